The first-order valence-corrected chi connectivity index (χ1v) is 8.52. The number of nitrogens with one attached hydrogen (secondary N) is 1. The fraction of sp³-hybridized carbons (Fsp3) is 0.467. The van der Waals surface area contributed by atoms with Crippen molar-refractivity contribution >= 4 is 10.0 Å². The molecule has 1 N–H and O–H groups in total. The number of benzene rings is 1. The van der Waals surface area contributed by atoms with Crippen molar-refractivity contribution in [2.75, 3.05) is 13.1 Å². The first-order valence-electron chi connectivity index (χ1n) is 7.08. The summed E-state index contributed by atoms with van der Waals surface area (Å²) in [6.07, 6.45) is 4.52. The maximum atomic E-state index is 13.8. The highest BCUT2D eigenvalue weighted by Gasteiger charge is 2.25. The SMILES string of the molecule is CC(C)NCc1cc(S(=O)(=O)N2CC=CCC2)ccc1F. The molecule has 0 saturated heterocycles. The predicted octanol–water partition coefficient (Wildman–Crippen LogP) is 2.27. The monoisotopic (exact) mass is 312 g/mol. The van der Waals surface area contributed by atoms with Gasteiger partial charge in [-0.25, -0.2) is 12.8 Å². The summed E-state index contributed by atoms with van der Waals surface area (Å²) >= 11 is 0. The molecule has 1 aliphatic heterocycles. The average Bonchev–Trinajstić information content (AvgIpc) is 2.47. The zero-order valence-electron chi connectivity index (χ0n) is 12.3. The zero-order chi connectivity index (χ0) is 15.5. The van der Waals surface area contributed by atoms with Crippen LogP contribution in [0.3, 0.4) is 0 Å². The third-order valence-corrected chi connectivity index (χ3v) is 5.24. The summed E-state index contributed by atoms with van der Waals surface area (Å²) in [7, 11) is -3.55. The molecule has 0 bridgehead atoms. The van der Waals surface area contributed by atoms with Gasteiger partial charge in [0.1, 0.15) is 5.82 Å². The van der Waals surface area contributed by atoms with E-state index in [1.807, 2.05) is 26.0 Å². The molecule has 1 aromatic carbocycles. The van der Waals surface area contributed by atoms with Crippen LogP contribution in [0.5, 0.6) is 0 Å². The van der Waals surface area contributed by atoms with Gasteiger partial charge >= 0.3 is 0 Å². The molecule has 0 aliphatic carbocycles. The molecule has 4 nitrogen and oxygen atoms in total. The van der Waals surface area contributed by atoms with Crippen molar-refractivity contribution in [2.24, 2.45) is 0 Å². The van der Waals surface area contributed by atoms with Crippen LogP contribution in [-0.4, -0.2) is 31.9 Å². The maximum absolute atomic E-state index is 13.8. The van der Waals surface area contributed by atoms with E-state index >= 15 is 0 Å². The minimum atomic E-state index is -3.55. The second kappa shape index (κ2) is 6.68. The normalized spacial score (nSPS) is 16.6. The smallest absolute Gasteiger partial charge is 0.243 e. The van der Waals surface area contributed by atoms with E-state index < -0.39 is 10.0 Å². The van der Waals surface area contributed by atoms with Crippen molar-refractivity contribution in [1.82, 2.24) is 9.62 Å². The highest BCUT2D eigenvalue weighted by Crippen LogP contribution is 2.21. The molecule has 21 heavy (non-hydrogen) atoms. The molecule has 0 radical (unpaired) electrons. The van der Waals surface area contributed by atoms with Crippen LogP contribution in [0.1, 0.15) is 25.8 Å². The number of rotatable bonds is 5. The third-order valence-electron chi connectivity index (χ3n) is 3.38. The highest BCUT2D eigenvalue weighted by molar-refractivity contribution is 7.89. The van der Waals surface area contributed by atoms with E-state index in [1.165, 1.54) is 22.5 Å². The van der Waals surface area contributed by atoms with Crippen LogP contribution in [0.2, 0.25) is 0 Å². The summed E-state index contributed by atoms with van der Waals surface area (Å²) in [4.78, 5) is 0.153. The first kappa shape index (κ1) is 16.1. The Morgan fingerprint density at radius 2 is 2.10 bits per heavy atom. The molecule has 6 heteroatoms. The van der Waals surface area contributed by atoms with E-state index in [0.29, 0.717) is 31.6 Å². The predicted molar refractivity (Wildman–Crippen MR) is 80.9 cm³/mol. The summed E-state index contributed by atoms with van der Waals surface area (Å²) in [5.41, 5.74) is 0.373. The first-order chi connectivity index (χ1) is 9.91. The lowest BCUT2D eigenvalue weighted by Crippen LogP contribution is -2.34. The van der Waals surface area contributed by atoms with Crippen molar-refractivity contribution in [3.63, 3.8) is 0 Å². The maximum Gasteiger partial charge on any atom is 0.243 e. The van der Waals surface area contributed by atoms with Crippen LogP contribution >= 0.6 is 0 Å². The molecule has 1 aliphatic rings. The van der Waals surface area contributed by atoms with E-state index in [4.69, 9.17) is 0 Å². The van der Waals surface area contributed by atoms with Gasteiger partial charge in [-0.2, -0.15) is 4.31 Å². The van der Waals surface area contributed by atoms with Gasteiger partial charge in [-0.15, -0.1) is 0 Å². The minimum absolute atomic E-state index is 0.153. The van der Waals surface area contributed by atoms with Crippen molar-refractivity contribution in [3.8, 4) is 0 Å². The van der Waals surface area contributed by atoms with Crippen LogP contribution in [0.25, 0.3) is 0 Å². The second-order valence-corrected chi connectivity index (χ2v) is 7.35. The molecular weight excluding hydrogens is 291 g/mol. The summed E-state index contributed by atoms with van der Waals surface area (Å²) in [6, 6.07) is 4.20. The molecule has 1 heterocycles. The zero-order valence-corrected chi connectivity index (χ0v) is 13.2. The van der Waals surface area contributed by atoms with Gasteiger partial charge in [0.2, 0.25) is 10.0 Å². The van der Waals surface area contributed by atoms with Gasteiger partial charge in [0.25, 0.3) is 0 Å². The minimum Gasteiger partial charge on any atom is -0.310 e. The molecule has 116 valence electrons. The lowest BCUT2D eigenvalue weighted by atomic mass is 10.2. The van der Waals surface area contributed by atoms with Gasteiger partial charge in [-0.05, 0) is 24.6 Å². The van der Waals surface area contributed by atoms with Gasteiger partial charge in [0.15, 0.2) is 0 Å². The molecular formula is C15H21FN2O2S. The Morgan fingerprint density at radius 1 is 1.33 bits per heavy atom. The molecule has 0 aromatic heterocycles. The third kappa shape index (κ3) is 3.90. The molecule has 0 fully saturated rings. The van der Waals surface area contributed by atoms with E-state index in [-0.39, 0.29) is 16.8 Å². The molecule has 0 amide bonds. The van der Waals surface area contributed by atoms with E-state index in [0.717, 1.165) is 0 Å². The van der Waals surface area contributed by atoms with Crippen LogP contribution in [0.15, 0.2) is 35.2 Å². The fourth-order valence-electron chi connectivity index (χ4n) is 2.15. The second-order valence-electron chi connectivity index (χ2n) is 5.41. The van der Waals surface area contributed by atoms with Crippen molar-refractivity contribution in [2.45, 2.75) is 37.8 Å². The van der Waals surface area contributed by atoms with Crippen molar-refractivity contribution in [1.29, 1.82) is 0 Å². The Hall–Kier alpha value is -1.24. The van der Waals surface area contributed by atoms with Gasteiger partial charge in [-0.1, -0.05) is 26.0 Å². The van der Waals surface area contributed by atoms with E-state index in [9.17, 15) is 12.8 Å². The number of hydrogen-bond acceptors (Lipinski definition) is 3. The molecule has 2 rings (SSSR count). The number of sulfonamides is 1. The molecule has 0 saturated carbocycles. The number of halogens is 1. The summed E-state index contributed by atoms with van der Waals surface area (Å²) in [5, 5.41) is 3.10. The molecule has 0 atom stereocenters. The Morgan fingerprint density at radius 3 is 2.71 bits per heavy atom. The quantitative estimate of drug-likeness (QED) is 0.849. The van der Waals surface area contributed by atoms with E-state index in [1.54, 1.807) is 0 Å². The van der Waals surface area contributed by atoms with Crippen LogP contribution in [0, 0.1) is 5.82 Å². The topological polar surface area (TPSA) is 49.4 Å². The Labute approximate surface area is 125 Å². The Balaban J connectivity index is 2.26. The van der Waals surface area contributed by atoms with Gasteiger partial charge < -0.3 is 5.32 Å². The average molecular weight is 312 g/mol. The summed E-state index contributed by atoms with van der Waals surface area (Å²) < 4.78 is 40.3. The van der Waals surface area contributed by atoms with Crippen LogP contribution < -0.4 is 5.32 Å². The molecule has 1 aromatic rings. The Kier molecular flexibility index (Phi) is 5.13. The number of hydrogen-bond donors (Lipinski definition) is 1. The van der Waals surface area contributed by atoms with Gasteiger partial charge in [0, 0.05) is 31.2 Å². The van der Waals surface area contributed by atoms with Crippen molar-refractivity contribution < 1.29 is 12.8 Å². The molecule has 0 spiro atoms. The van der Waals surface area contributed by atoms with Crippen molar-refractivity contribution in [3.05, 3.63) is 41.7 Å². The van der Waals surface area contributed by atoms with Crippen LogP contribution in [0.4, 0.5) is 4.39 Å². The molecule has 0 unspecified atom stereocenters. The largest absolute Gasteiger partial charge is 0.310 e. The Bertz CT molecular complexity index is 627. The van der Waals surface area contributed by atoms with Gasteiger partial charge in [-0.3, -0.25) is 0 Å². The summed E-state index contributed by atoms with van der Waals surface area (Å²) in [5.74, 6) is -0.388. The lowest BCUT2D eigenvalue weighted by molar-refractivity contribution is 0.437. The lowest BCUT2D eigenvalue weighted by Gasteiger charge is -2.23. The summed E-state index contributed by atoms with van der Waals surface area (Å²) in [6.45, 7) is 5.07. The van der Waals surface area contributed by atoms with Gasteiger partial charge in [0.05, 0.1) is 4.90 Å². The number of nitrogens with zero attached hydrogens (tertiary/aromatic N) is 1. The van der Waals surface area contributed by atoms with Crippen LogP contribution in [-0.2, 0) is 16.6 Å². The van der Waals surface area contributed by atoms with E-state index in [2.05, 4.69) is 5.32 Å². The fourth-order valence-corrected chi connectivity index (χ4v) is 3.61. The highest BCUT2D eigenvalue weighted by atomic mass is 32.2. The standard InChI is InChI=1S/C15H21FN2O2S/c1-12(2)17-11-13-10-14(6-7-15(13)16)21(19,20)18-8-4-3-5-9-18/h3-4,6-7,10,12,17H,5,8-9,11H2,1-2H3.